The van der Waals surface area contributed by atoms with Gasteiger partial charge in [-0.2, -0.15) is 0 Å². The van der Waals surface area contributed by atoms with Gasteiger partial charge in [0.1, 0.15) is 0 Å². The van der Waals surface area contributed by atoms with Crippen LogP contribution in [-0.2, 0) is 9.53 Å². The van der Waals surface area contributed by atoms with Crippen molar-refractivity contribution >= 4 is 5.97 Å². The van der Waals surface area contributed by atoms with Gasteiger partial charge in [-0.3, -0.25) is 0 Å². The van der Waals surface area contributed by atoms with Gasteiger partial charge < -0.3 is 4.74 Å². The van der Waals surface area contributed by atoms with Gasteiger partial charge in [-0.1, -0.05) is 137 Å². The monoisotopic (exact) mass is 408 g/mol. The number of hydrogen-bond donors (Lipinski definition) is 0. The summed E-state index contributed by atoms with van der Waals surface area (Å²) in [6.45, 7) is 11.2. The molecule has 2 heteroatoms. The molecule has 0 amide bonds. The largest absolute Gasteiger partial charge is 0.462 e. The summed E-state index contributed by atoms with van der Waals surface area (Å²) in [6.07, 6.45) is 24.7. The van der Waals surface area contributed by atoms with Crippen molar-refractivity contribution < 1.29 is 9.53 Å². The highest BCUT2D eigenvalue weighted by atomic mass is 16.5. The van der Waals surface area contributed by atoms with Crippen LogP contribution in [0.1, 0.15) is 143 Å². The van der Waals surface area contributed by atoms with E-state index in [9.17, 15) is 4.79 Å². The van der Waals surface area contributed by atoms with Gasteiger partial charge in [0.25, 0.3) is 0 Å². The number of hydrogen-bond acceptors (Lipinski definition) is 2. The minimum Gasteiger partial charge on any atom is -0.462 e. The lowest BCUT2D eigenvalue weighted by Gasteiger charge is -2.14. The average molecular weight is 409 g/mol. The predicted molar refractivity (Wildman–Crippen MR) is 128 cm³/mol. The van der Waals surface area contributed by atoms with Gasteiger partial charge in [0.2, 0.25) is 0 Å². The molecule has 0 fully saturated rings. The maximum absolute atomic E-state index is 12.1. The summed E-state index contributed by atoms with van der Waals surface area (Å²) < 4.78 is 5.44. The molecule has 0 aromatic heterocycles. The minimum atomic E-state index is -0.174. The van der Waals surface area contributed by atoms with Gasteiger partial charge in [-0.15, -0.1) is 0 Å². The predicted octanol–water partition coefficient (Wildman–Crippen LogP) is 9.17. The molecule has 0 aliphatic heterocycles. The second-order valence-corrected chi connectivity index (χ2v) is 9.01. The summed E-state index contributed by atoms with van der Waals surface area (Å²) >= 11 is 0. The van der Waals surface area contributed by atoms with Gasteiger partial charge in [-0.05, 0) is 18.8 Å². The zero-order chi connectivity index (χ0) is 21.6. The van der Waals surface area contributed by atoms with Crippen molar-refractivity contribution in [2.75, 3.05) is 6.61 Å². The molecule has 0 N–H and O–H groups in total. The van der Waals surface area contributed by atoms with Crippen LogP contribution >= 0.6 is 0 Å². The second-order valence-electron chi connectivity index (χ2n) is 9.01. The van der Waals surface area contributed by atoms with Gasteiger partial charge in [-0.25, -0.2) is 4.79 Å². The molecule has 29 heavy (non-hydrogen) atoms. The number of carbonyl (C=O) groups is 1. The molecule has 0 heterocycles. The Kier molecular flexibility index (Phi) is 21.3. The number of ether oxygens (including phenoxy) is 1. The summed E-state index contributed by atoms with van der Waals surface area (Å²) in [6, 6.07) is 0. The Balaban J connectivity index is 3.46. The summed E-state index contributed by atoms with van der Waals surface area (Å²) in [4.78, 5) is 12.1. The zero-order valence-electron chi connectivity index (χ0n) is 20.2. The maximum Gasteiger partial charge on any atom is 0.333 e. The Labute approximate surface area is 183 Å². The van der Waals surface area contributed by atoms with E-state index in [-0.39, 0.29) is 11.9 Å². The van der Waals surface area contributed by atoms with Crippen LogP contribution in [0.5, 0.6) is 0 Å². The lowest BCUT2D eigenvalue weighted by atomic mass is 9.95. The topological polar surface area (TPSA) is 26.3 Å². The van der Waals surface area contributed by atoms with Gasteiger partial charge >= 0.3 is 5.97 Å². The van der Waals surface area contributed by atoms with E-state index in [0.29, 0.717) is 12.2 Å². The van der Waals surface area contributed by atoms with Crippen LogP contribution < -0.4 is 0 Å². The number of unbranched alkanes of at least 4 members (excludes halogenated alkanes) is 16. The maximum atomic E-state index is 12.1. The van der Waals surface area contributed by atoms with Crippen LogP contribution in [0, 0.1) is 5.92 Å². The Morgan fingerprint density at radius 3 is 1.48 bits per heavy atom. The fourth-order valence-corrected chi connectivity index (χ4v) is 3.81. The molecule has 0 saturated heterocycles. The van der Waals surface area contributed by atoms with E-state index in [2.05, 4.69) is 27.4 Å². The number of carbonyl (C=O) groups excluding carboxylic acids is 1. The van der Waals surface area contributed by atoms with Crippen LogP contribution in [0.25, 0.3) is 0 Å². The molecule has 0 aliphatic carbocycles. The van der Waals surface area contributed by atoms with E-state index in [0.717, 1.165) is 12.8 Å². The highest BCUT2D eigenvalue weighted by Gasteiger charge is 2.15. The molecule has 1 unspecified atom stereocenters. The normalized spacial score (nSPS) is 12.1. The molecule has 1 atom stereocenters. The molecule has 0 saturated carbocycles. The lowest BCUT2D eigenvalue weighted by molar-refractivity contribution is -0.139. The summed E-state index contributed by atoms with van der Waals surface area (Å²) in [5.41, 5.74) is 0.664. The van der Waals surface area contributed by atoms with Crippen LogP contribution in [0.15, 0.2) is 12.2 Å². The number of rotatable bonds is 22. The summed E-state index contributed by atoms with van der Waals surface area (Å²) in [5, 5.41) is 0. The van der Waals surface area contributed by atoms with Crippen LogP contribution in [0.2, 0.25) is 0 Å². The molecule has 0 bridgehead atoms. The molecule has 0 aromatic carbocycles. The molecule has 0 aromatic rings. The first kappa shape index (κ1) is 28.2. The fraction of sp³-hybridized carbons (Fsp3) is 0.889. The molecular formula is C27H52O2. The first-order valence-electron chi connectivity index (χ1n) is 13.0. The fourth-order valence-electron chi connectivity index (χ4n) is 3.81. The van der Waals surface area contributed by atoms with E-state index < -0.39 is 0 Å². The van der Waals surface area contributed by atoms with Crippen molar-refractivity contribution in [2.24, 2.45) is 5.92 Å². The van der Waals surface area contributed by atoms with E-state index in [4.69, 9.17) is 4.74 Å². The van der Waals surface area contributed by atoms with Gasteiger partial charge in [0.15, 0.2) is 0 Å². The highest BCUT2D eigenvalue weighted by Crippen LogP contribution is 2.19. The highest BCUT2D eigenvalue weighted by molar-refractivity contribution is 5.88. The Morgan fingerprint density at radius 2 is 1.03 bits per heavy atom. The van der Waals surface area contributed by atoms with Crippen LogP contribution in [-0.4, -0.2) is 12.6 Å². The first-order valence-corrected chi connectivity index (χ1v) is 13.0. The minimum absolute atomic E-state index is 0.174. The van der Waals surface area contributed by atoms with Crippen LogP contribution in [0.4, 0.5) is 0 Å². The van der Waals surface area contributed by atoms with Crippen molar-refractivity contribution in [2.45, 2.75) is 143 Å². The van der Waals surface area contributed by atoms with Crippen molar-refractivity contribution in [1.29, 1.82) is 0 Å². The van der Waals surface area contributed by atoms with Crippen molar-refractivity contribution in [1.82, 2.24) is 0 Å². The van der Waals surface area contributed by atoms with E-state index in [1.165, 1.54) is 109 Å². The Hall–Kier alpha value is -0.790. The lowest BCUT2D eigenvalue weighted by Crippen LogP contribution is -2.14. The molecule has 0 radical (unpaired) electrons. The molecule has 0 spiro atoms. The van der Waals surface area contributed by atoms with E-state index >= 15 is 0 Å². The summed E-state index contributed by atoms with van der Waals surface area (Å²) in [7, 11) is 0. The summed E-state index contributed by atoms with van der Waals surface area (Å²) in [5.74, 6) is 0.0715. The third kappa shape index (κ3) is 18.9. The molecule has 172 valence electrons. The van der Waals surface area contributed by atoms with Crippen molar-refractivity contribution in [3.63, 3.8) is 0 Å². The molecule has 0 aliphatic rings. The quantitative estimate of drug-likeness (QED) is 0.101. The second kappa shape index (κ2) is 21.9. The number of esters is 1. The van der Waals surface area contributed by atoms with Gasteiger partial charge in [0.05, 0.1) is 6.61 Å². The smallest absolute Gasteiger partial charge is 0.333 e. The molecule has 0 rings (SSSR count). The molecular weight excluding hydrogens is 356 g/mol. The Bertz CT molecular complexity index is 375. The van der Waals surface area contributed by atoms with E-state index in [1.54, 1.807) is 0 Å². The van der Waals surface area contributed by atoms with Crippen LogP contribution in [0.3, 0.4) is 0 Å². The zero-order valence-corrected chi connectivity index (χ0v) is 20.2. The standard InChI is InChI=1S/C27H52O2/c1-5-7-9-11-13-14-15-16-17-18-20-22-24-29-27(28)26(4)25(3)23-21-19-12-10-8-6-2/h25H,4-24H2,1-3H3. The third-order valence-corrected chi connectivity index (χ3v) is 6.08. The SMILES string of the molecule is C=C(C(=O)OCCCCCCCCCCCCCC)C(C)CCCCCCCC. The molecule has 2 nitrogen and oxygen atoms in total. The Morgan fingerprint density at radius 1 is 0.655 bits per heavy atom. The first-order chi connectivity index (χ1) is 14.1. The van der Waals surface area contributed by atoms with Crippen molar-refractivity contribution in [3.05, 3.63) is 12.2 Å². The third-order valence-electron chi connectivity index (χ3n) is 6.08. The van der Waals surface area contributed by atoms with Crippen molar-refractivity contribution in [3.8, 4) is 0 Å². The average Bonchev–Trinajstić information content (AvgIpc) is 2.73. The van der Waals surface area contributed by atoms with E-state index in [1.807, 2.05) is 0 Å². The van der Waals surface area contributed by atoms with Gasteiger partial charge in [0, 0.05) is 5.57 Å².